The highest BCUT2D eigenvalue weighted by atomic mass is 16.4. The Morgan fingerprint density at radius 3 is 1.63 bits per heavy atom. The zero-order valence-corrected chi connectivity index (χ0v) is 13.7. The molecule has 0 fully saturated rings. The molecule has 0 radical (unpaired) electrons. The highest BCUT2D eigenvalue weighted by Gasteiger charge is 1.97. The highest BCUT2D eigenvalue weighted by molar-refractivity contribution is 5.63. The molecule has 3 heteroatoms. The Morgan fingerprint density at radius 1 is 0.895 bits per heavy atom. The fourth-order valence-electron chi connectivity index (χ4n) is 2.00. The van der Waals surface area contributed by atoms with E-state index in [0.717, 1.165) is 24.9 Å². The Labute approximate surface area is 120 Å². The van der Waals surface area contributed by atoms with Gasteiger partial charge in [-0.15, -0.1) is 0 Å². The van der Waals surface area contributed by atoms with Crippen LogP contribution in [0.25, 0.3) is 0 Å². The number of carboxylic acids is 1. The fourth-order valence-corrected chi connectivity index (χ4v) is 2.00. The number of quaternary nitrogens is 1. The molecule has 3 nitrogen and oxygen atoms in total. The summed E-state index contributed by atoms with van der Waals surface area (Å²) < 4.78 is 0. The lowest BCUT2D eigenvalue weighted by Crippen LogP contribution is -2.92. The third-order valence-electron chi connectivity index (χ3n) is 2.75. The summed E-state index contributed by atoms with van der Waals surface area (Å²) in [6, 6.07) is 1.50. The molecule has 0 aliphatic carbocycles. The molecule has 0 aliphatic rings. The van der Waals surface area contributed by atoms with Crippen molar-refractivity contribution in [1.29, 1.82) is 0 Å². The van der Waals surface area contributed by atoms with Gasteiger partial charge in [-0.25, -0.2) is 0 Å². The van der Waals surface area contributed by atoms with E-state index in [9.17, 15) is 9.90 Å². The summed E-state index contributed by atoms with van der Waals surface area (Å²) in [6.45, 7) is 11.0. The van der Waals surface area contributed by atoms with Gasteiger partial charge in [0.1, 0.15) is 0 Å². The summed E-state index contributed by atoms with van der Waals surface area (Å²) in [4.78, 5) is 10.0. The Morgan fingerprint density at radius 2 is 1.32 bits per heavy atom. The first kappa shape index (κ1) is 20.7. The van der Waals surface area contributed by atoms with Crippen LogP contribution in [-0.2, 0) is 4.79 Å². The van der Waals surface area contributed by atoms with Crippen molar-refractivity contribution in [2.45, 2.75) is 98.1 Å². The SMILES string of the molecule is CC(C)[NH2+]C(C)C.CCCCCCCCCC(=O)[O-]. The molecular weight excluding hydrogens is 238 g/mol. The molecule has 0 aromatic carbocycles. The van der Waals surface area contributed by atoms with E-state index in [-0.39, 0.29) is 6.42 Å². The number of carbonyl (C=O) groups excluding carboxylic acids is 1. The monoisotopic (exact) mass is 273 g/mol. The lowest BCUT2D eigenvalue weighted by atomic mass is 10.1. The van der Waals surface area contributed by atoms with Gasteiger partial charge in [0.05, 0.1) is 12.1 Å². The van der Waals surface area contributed by atoms with Gasteiger partial charge in [0.2, 0.25) is 0 Å². The van der Waals surface area contributed by atoms with Crippen molar-refractivity contribution >= 4 is 5.97 Å². The number of hydrogen-bond donors (Lipinski definition) is 1. The van der Waals surface area contributed by atoms with Crippen LogP contribution in [0.15, 0.2) is 0 Å². The van der Waals surface area contributed by atoms with Crippen LogP contribution in [0.3, 0.4) is 0 Å². The predicted molar refractivity (Wildman–Crippen MR) is 79.8 cm³/mol. The van der Waals surface area contributed by atoms with Crippen molar-refractivity contribution in [3.05, 3.63) is 0 Å². The van der Waals surface area contributed by atoms with E-state index in [1.807, 2.05) is 0 Å². The summed E-state index contributed by atoms with van der Waals surface area (Å²) in [6.07, 6.45) is 8.34. The van der Waals surface area contributed by atoms with Crippen molar-refractivity contribution in [3.8, 4) is 0 Å². The Bertz CT molecular complexity index is 185. The normalized spacial score (nSPS) is 10.5. The topological polar surface area (TPSA) is 56.7 Å². The Kier molecular flexibility index (Phi) is 16.9. The van der Waals surface area contributed by atoms with Crippen molar-refractivity contribution in [2.24, 2.45) is 0 Å². The van der Waals surface area contributed by atoms with Crippen LogP contribution in [-0.4, -0.2) is 18.1 Å². The third kappa shape index (κ3) is 26.9. The summed E-state index contributed by atoms with van der Waals surface area (Å²) in [5, 5.41) is 12.4. The van der Waals surface area contributed by atoms with E-state index in [2.05, 4.69) is 39.9 Å². The van der Waals surface area contributed by atoms with Crippen LogP contribution < -0.4 is 10.4 Å². The van der Waals surface area contributed by atoms with Crippen molar-refractivity contribution < 1.29 is 15.2 Å². The van der Waals surface area contributed by atoms with Gasteiger partial charge in [0.25, 0.3) is 0 Å². The van der Waals surface area contributed by atoms with Crippen LogP contribution in [0.1, 0.15) is 86.0 Å². The molecule has 19 heavy (non-hydrogen) atoms. The number of unbranched alkanes of at least 4 members (excludes halogenated alkanes) is 6. The van der Waals surface area contributed by atoms with Gasteiger partial charge in [-0.3, -0.25) is 0 Å². The number of carboxylic acid groups (broad SMARTS) is 1. The molecule has 0 rings (SSSR count). The van der Waals surface area contributed by atoms with Gasteiger partial charge < -0.3 is 15.2 Å². The fraction of sp³-hybridized carbons (Fsp3) is 0.938. The molecule has 0 saturated heterocycles. The number of rotatable bonds is 10. The summed E-state index contributed by atoms with van der Waals surface area (Å²) in [5.74, 6) is -0.913. The predicted octanol–water partition coefficient (Wildman–Crippen LogP) is 2.24. The van der Waals surface area contributed by atoms with E-state index >= 15 is 0 Å². The molecule has 0 heterocycles. The number of nitrogens with two attached hydrogens (primary N) is 1. The first-order valence-electron chi connectivity index (χ1n) is 7.94. The van der Waals surface area contributed by atoms with E-state index < -0.39 is 5.97 Å². The van der Waals surface area contributed by atoms with Gasteiger partial charge in [0.15, 0.2) is 0 Å². The first-order valence-corrected chi connectivity index (χ1v) is 7.94. The zero-order valence-electron chi connectivity index (χ0n) is 13.7. The molecule has 2 N–H and O–H groups in total. The van der Waals surface area contributed by atoms with Gasteiger partial charge in [-0.1, -0.05) is 45.4 Å². The molecule has 0 aromatic rings. The minimum Gasteiger partial charge on any atom is -0.550 e. The zero-order chi connectivity index (χ0) is 15.1. The smallest absolute Gasteiger partial charge is 0.0803 e. The van der Waals surface area contributed by atoms with E-state index in [1.165, 1.54) is 32.1 Å². The summed E-state index contributed by atoms with van der Waals surface area (Å²) >= 11 is 0. The van der Waals surface area contributed by atoms with E-state index in [4.69, 9.17) is 0 Å². The quantitative estimate of drug-likeness (QED) is 0.621. The molecule has 0 unspecified atom stereocenters. The largest absolute Gasteiger partial charge is 0.550 e. The second-order valence-electron chi connectivity index (χ2n) is 5.92. The summed E-state index contributed by atoms with van der Waals surface area (Å²) in [7, 11) is 0. The summed E-state index contributed by atoms with van der Waals surface area (Å²) in [5.41, 5.74) is 0. The van der Waals surface area contributed by atoms with Crippen molar-refractivity contribution in [3.63, 3.8) is 0 Å². The minimum atomic E-state index is -0.913. The molecule has 116 valence electrons. The first-order chi connectivity index (χ1) is 8.90. The molecule has 0 bridgehead atoms. The van der Waals surface area contributed by atoms with Gasteiger partial charge in [-0.05, 0) is 40.5 Å². The van der Waals surface area contributed by atoms with Crippen LogP contribution >= 0.6 is 0 Å². The maximum atomic E-state index is 10.0. The number of carbonyl (C=O) groups is 1. The highest BCUT2D eigenvalue weighted by Crippen LogP contribution is 2.07. The van der Waals surface area contributed by atoms with Crippen LogP contribution in [0, 0.1) is 0 Å². The third-order valence-corrected chi connectivity index (χ3v) is 2.75. The number of hydrogen-bond acceptors (Lipinski definition) is 2. The van der Waals surface area contributed by atoms with Gasteiger partial charge in [0, 0.05) is 5.97 Å². The average molecular weight is 273 g/mol. The number of aliphatic carboxylic acids is 1. The molecule has 0 amide bonds. The molecule has 0 aliphatic heterocycles. The van der Waals surface area contributed by atoms with Crippen LogP contribution in [0.2, 0.25) is 0 Å². The standard InChI is InChI=1S/C10H20O2.C6H15N/c1-2-3-4-5-6-7-8-9-10(11)12;1-5(2)7-6(3)4/h2-9H2,1H3,(H,11,12);5-7H,1-4H3. The van der Waals surface area contributed by atoms with Crippen LogP contribution in [0.4, 0.5) is 0 Å². The maximum absolute atomic E-state index is 10.0. The average Bonchev–Trinajstić information content (AvgIpc) is 2.26. The van der Waals surface area contributed by atoms with Crippen molar-refractivity contribution in [1.82, 2.24) is 0 Å². The lowest BCUT2D eigenvalue weighted by Gasteiger charge is -2.06. The molecule has 0 saturated carbocycles. The Balaban J connectivity index is 0. The molecule has 0 aromatic heterocycles. The second-order valence-corrected chi connectivity index (χ2v) is 5.92. The van der Waals surface area contributed by atoms with Crippen molar-refractivity contribution in [2.75, 3.05) is 0 Å². The molecular formula is C16H35NO2. The maximum Gasteiger partial charge on any atom is 0.0803 e. The second kappa shape index (κ2) is 15.5. The molecule has 0 atom stereocenters. The van der Waals surface area contributed by atoms with E-state index in [1.54, 1.807) is 0 Å². The van der Waals surface area contributed by atoms with Gasteiger partial charge >= 0.3 is 0 Å². The minimum absolute atomic E-state index is 0.230. The molecule has 0 spiro atoms. The van der Waals surface area contributed by atoms with E-state index in [0.29, 0.717) is 0 Å². The Hall–Kier alpha value is -0.570. The lowest BCUT2D eigenvalue weighted by molar-refractivity contribution is -0.709. The van der Waals surface area contributed by atoms with Crippen LogP contribution in [0.5, 0.6) is 0 Å². The van der Waals surface area contributed by atoms with Gasteiger partial charge in [-0.2, -0.15) is 0 Å².